The molecule has 7 heteroatoms. The van der Waals surface area contributed by atoms with Crippen molar-refractivity contribution in [3.05, 3.63) is 11.6 Å². The van der Waals surface area contributed by atoms with Crippen molar-refractivity contribution in [1.82, 2.24) is 4.98 Å². The fraction of sp³-hybridized carbons (Fsp3) is 0.750. The molecule has 0 radical (unpaired) electrons. The van der Waals surface area contributed by atoms with Gasteiger partial charge in [0.05, 0.1) is 0 Å². The monoisotopic (exact) mass is 279 g/mol. The second-order valence-electron chi connectivity index (χ2n) is 5.07. The zero-order valence-corrected chi connectivity index (χ0v) is 13.9. The Hall–Kier alpha value is 0.172. The van der Waals surface area contributed by atoms with E-state index < -0.39 is 6.75 Å². The quantitative estimate of drug-likeness (QED) is 0.635. The molecule has 0 aliphatic carbocycles. The molecule has 0 aliphatic rings. The molecule has 4 nitrogen and oxygen atoms in total. The van der Waals surface area contributed by atoms with Gasteiger partial charge in [-0.1, -0.05) is 0 Å². The maximum Gasteiger partial charge on any atom is 1.00 e. The molecule has 1 aromatic heterocycles. The van der Waals surface area contributed by atoms with E-state index >= 15 is 0 Å². The summed E-state index contributed by atoms with van der Waals surface area (Å²) < 4.78 is 17.9. The predicted octanol–water partition coefficient (Wildman–Crippen LogP) is -0.432. The molecular formula is C12H23BLiNO3S. The maximum atomic E-state index is 5.97. The molecule has 0 bridgehead atoms. The van der Waals surface area contributed by atoms with Crippen LogP contribution < -0.4 is 23.8 Å². The van der Waals surface area contributed by atoms with Crippen molar-refractivity contribution in [3.8, 4) is 0 Å². The Balaban J connectivity index is 0.00000324. The van der Waals surface area contributed by atoms with Gasteiger partial charge >= 0.3 is 25.6 Å². The fourth-order valence-corrected chi connectivity index (χ4v) is 2.47. The second kappa shape index (κ2) is 8.46. The van der Waals surface area contributed by atoms with Crippen molar-refractivity contribution in [2.45, 2.75) is 59.9 Å². The number of nitrogens with zero attached hydrogens (tertiary/aromatic N) is 1. The van der Waals surface area contributed by atoms with Crippen molar-refractivity contribution < 1.29 is 32.8 Å². The third-order valence-electron chi connectivity index (χ3n) is 2.11. The van der Waals surface area contributed by atoms with E-state index in [1.807, 2.05) is 46.9 Å². The standard InChI is InChI=1S/C12H23BNO3S.Li/c1-9(2)15-13(16-10(3)4,17-11(5)6)12-14-7-8-18-12;/h7-11H,1-6H3;/q-1;+1. The smallest absolute Gasteiger partial charge is 0.537 e. The molecule has 0 saturated carbocycles. The summed E-state index contributed by atoms with van der Waals surface area (Å²) in [6.45, 7) is 9.85. The summed E-state index contributed by atoms with van der Waals surface area (Å²) in [6, 6.07) is 0. The molecule has 0 aromatic carbocycles. The summed E-state index contributed by atoms with van der Waals surface area (Å²) in [5.74, 6) is 0. The molecule has 0 atom stereocenters. The first-order chi connectivity index (χ1) is 8.35. The van der Waals surface area contributed by atoms with Gasteiger partial charge in [0.2, 0.25) is 0 Å². The predicted molar refractivity (Wildman–Crippen MR) is 76.2 cm³/mol. The number of hydrogen-bond donors (Lipinski definition) is 0. The zero-order chi connectivity index (χ0) is 13.8. The molecule has 0 fully saturated rings. The van der Waals surface area contributed by atoms with E-state index in [4.69, 9.17) is 14.0 Å². The molecule has 1 heterocycles. The van der Waals surface area contributed by atoms with Crippen LogP contribution in [-0.2, 0) is 14.0 Å². The van der Waals surface area contributed by atoms with Crippen molar-refractivity contribution >= 4 is 23.0 Å². The van der Waals surface area contributed by atoms with Crippen LogP contribution in [-0.4, -0.2) is 30.1 Å². The van der Waals surface area contributed by atoms with Gasteiger partial charge in [0, 0.05) is 34.8 Å². The molecule has 19 heavy (non-hydrogen) atoms. The minimum absolute atomic E-state index is 0. The summed E-state index contributed by atoms with van der Waals surface area (Å²) in [6.07, 6.45) is 1.76. The first-order valence-electron chi connectivity index (χ1n) is 6.42. The minimum Gasteiger partial charge on any atom is -0.537 e. The van der Waals surface area contributed by atoms with Gasteiger partial charge in [-0.05, 0) is 41.5 Å². The Bertz CT molecular complexity index is 320. The van der Waals surface area contributed by atoms with E-state index in [2.05, 4.69) is 4.98 Å². The van der Waals surface area contributed by atoms with E-state index in [1.165, 1.54) is 11.3 Å². The molecule has 1 rings (SSSR count). The van der Waals surface area contributed by atoms with Crippen molar-refractivity contribution in [2.24, 2.45) is 0 Å². The molecule has 0 aliphatic heterocycles. The Morgan fingerprint density at radius 3 is 1.63 bits per heavy atom. The third kappa shape index (κ3) is 5.99. The van der Waals surface area contributed by atoms with Crippen LogP contribution in [0.2, 0.25) is 0 Å². The van der Waals surface area contributed by atoms with E-state index in [1.54, 1.807) is 6.20 Å². The van der Waals surface area contributed by atoms with Crippen LogP contribution in [0.5, 0.6) is 0 Å². The van der Waals surface area contributed by atoms with E-state index in [0.717, 1.165) is 4.91 Å². The van der Waals surface area contributed by atoms with Crippen LogP contribution in [0.1, 0.15) is 41.5 Å². The van der Waals surface area contributed by atoms with Crippen LogP contribution in [0.25, 0.3) is 0 Å². The van der Waals surface area contributed by atoms with Crippen LogP contribution in [0.4, 0.5) is 0 Å². The molecule has 0 unspecified atom stereocenters. The molecule has 1 aromatic rings. The van der Waals surface area contributed by atoms with E-state index in [9.17, 15) is 0 Å². The first kappa shape index (κ1) is 19.2. The Kier molecular flexibility index (Phi) is 8.53. The SMILES string of the molecule is CC(C)O[B-](OC(C)C)(OC(C)C)c1nccs1.[Li+]. The van der Waals surface area contributed by atoms with Gasteiger partial charge in [0.1, 0.15) is 0 Å². The molecule has 0 spiro atoms. The minimum atomic E-state index is -1.97. The number of thiazole rings is 1. The molecule has 0 saturated heterocycles. The van der Waals surface area contributed by atoms with E-state index in [-0.39, 0.29) is 37.2 Å². The molecule has 0 amide bonds. The normalized spacial score (nSPS) is 12.3. The van der Waals surface area contributed by atoms with Crippen molar-refractivity contribution in [2.75, 3.05) is 0 Å². The Labute approximate surface area is 132 Å². The topological polar surface area (TPSA) is 40.6 Å². The second-order valence-corrected chi connectivity index (χ2v) is 5.99. The number of hydrogen-bond acceptors (Lipinski definition) is 5. The molecule has 0 N–H and O–H groups in total. The summed E-state index contributed by atoms with van der Waals surface area (Å²) in [5.41, 5.74) is 0. The number of aromatic nitrogens is 1. The fourth-order valence-electron chi connectivity index (χ4n) is 1.75. The molecule has 104 valence electrons. The summed E-state index contributed by atoms with van der Waals surface area (Å²) >= 11 is 1.50. The van der Waals surface area contributed by atoms with Gasteiger partial charge in [-0.15, -0.1) is 0 Å². The van der Waals surface area contributed by atoms with Gasteiger partial charge in [0.25, 0.3) is 0 Å². The van der Waals surface area contributed by atoms with Crippen molar-refractivity contribution in [3.63, 3.8) is 0 Å². The number of rotatable bonds is 7. The third-order valence-corrected chi connectivity index (χ3v) is 3.00. The summed E-state index contributed by atoms with van der Waals surface area (Å²) in [5, 5.41) is 1.91. The van der Waals surface area contributed by atoms with Gasteiger partial charge in [-0.3, -0.25) is 4.98 Å². The largest absolute Gasteiger partial charge is 1.00 e. The summed E-state index contributed by atoms with van der Waals surface area (Å²) in [7, 11) is 0. The zero-order valence-electron chi connectivity index (χ0n) is 13.0. The Morgan fingerprint density at radius 1 is 0.947 bits per heavy atom. The van der Waals surface area contributed by atoms with E-state index in [0.29, 0.717) is 0 Å². The van der Waals surface area contributed by atoms with Crippen molar-refractivity contribution in [1.29, 1.82) is 0 Å². The molecular weight excluding hydrogens is 256 g/mol. The van der Waals surface area contributed by atoms with Crippen LogP contribution in [0, 0.1) is 0 Å². The Morgan fingerprint density at radius 2 is 1.37 bits per heavy atom. The van der Waals surface area contributed by atoms with Gasteiger partial charge < -0.3 is 14.0 Å². The van der Waals surface area contributed by atoms with Crippen LogP contribution >= 0.6 is 11.3 Å². The van der Waals surface area contributed by atoms with Gasteiger partial charge in [-0.25, -0.2) is 0 Å². The average molecular weight is 279 g/mol. The summed E-state index contributed by atoms with van der Waals surface area (Å²) in [4.78, 5) is 5.07. The first-order valence-corrected chi connectivity index (χ1v) is 7.30. The van der Waals surface area contributed by atoms with Gasteiger partial charge in [0.15, 0.2) is 0 Å². The van der Waals surface area contributed by atoms with Crippen LogP contribution in [0.3, 0.4) is 0 Å². The van der Waals surface area contributed by atoms with Gasteiger partial charge in [-0.2, -0.15) is 11.3 Å². The average Bonchev–Trinajstić information content (AvgIpc) is 2.65. The maximum absolute atomic E-state index is 5.97. The van der Waals surface area contributed by atoms with Crippen LogP contribution in [0.15, 0.2) is 11.6 Å².